The van der Waals surface area contributed by atoms with Gasteiger partial charge in [0.1, 0.15) is 22.4 Å². The Labute approximate surface area is 202 Å². The molecule has 1 aromatic carbocycles. The van der Waals surface area contributed by atoms with Gasteiger partial charge < -0.3 is 19.5 Å². The molecule has 2 fully saturated rings. The van der Waals surface area contributed by atoms with Crippen LogP contribution in [0.5, 0.6) is 0 Å². The van der Waals surface area contributed by atoms with E-state index in [1.165, 1.54) is 11.3 Å². The molecule has 1 spiro atoms. The number of carboxylic acid groups (broad SMARTS) is 1. The van der Waals surface area contributed by atoms with Crippen molar-refractivity contribution < 1.29 is 29.0 Å². The van der Waals surface area contributed by atoms with Gasteiger partial charge >= 0.3 is 5.97 Å². The van der Waals surface area contributed by atoms with Gasteiger partial charge in [0.15, 0.2) is 11.6 Å². The van der Waals surface area contributed by atoms with Gasteiger partial charge in [0.05, 0.1) is 11.7 Å². The van der Waals surface area contributed by atoms with Crippen molar-refractivity contribution in [3.05, 3.63) is 52.4 Å². The number of aliphatic carboxylic acids is 1. The molecule has 8 heteroatoms. The second-order valence-electron chi connectivity index (χ2n) is 9.51. The van der Waals surface area contributed by atoms with Crippen molar-refractivity contribution >= 4 is 33.9 Å². The van der Waals surface area contributed by atoms with Crippen molar-refractivity contribution in [2.75, 3.05) is 31.2 Å². The first-order chi connectivity index (χ1) is 16.4. The summed E-state index contributed by atoms with van der Waals surface area (Å²) in [4.78, 5) is 41.6. The van der Waals surface area contributed by atoms with Crippen molar-refractivity contribution in [1.29, 1.82) is 0 Å². The van der Waals surface area contributed by atoms with Crippen LogP contribution in [0.1, 0.15) is 52.6 Å². The van der Waals surface area contributed by atoms with Gasteiger partial charge in [0.25, 0.3) is 0 Å². The molecule has 0 bridgehead atoms. The van der Waals surface area contributed by atoms with E-state index in [1.807, 2.05) is 43.3 Å². The van der Waals surface area contributed by atoms with Crippen molar-refractivity contribution in [1.82, 2.24) is 0 Å². The first-order valence-electron chi connectivity index (χ1n) is 11.8. The maximum absolute atomic E-state index is 13.6. The summed E-state index contributed by atoms with van der Waals surface area (Å²) in [7, 11) is 0. The van der Waals surface area contributed by atoms with Crippen molar-refractivity contribution in [2.24, 2.45) is 11.3 Å². The van der Waals surface area contributed by atoms with Crippen LogP contribution in [0.2, 0.25) is 0 Å². The molecule has 1 aromatic heterocycles. The van der Waals surface area contributed by atoms with Gasteiger partial charge in [-0.15, -0.1) is 11.3 Å². The van der Waals surface area contributed by atoms with E-state index in [-0.39, 0.29) is 37.4 Å². The van der Waals surface area contributed by atoms with Crippen LogP contribution < -0.4 is 4.90 Å². The smallest absolute Gasteiger partial charge is 0.314 e. The number of aryl methyl sites for hydroxylation is 1. The molecule has 1 N–H and O–H groups in total. The number of Topliss-reactive ketones (excluding diaryl/α,β-unsaturated/α-hetero) is 2. The topological polar surface area (TPSA) is 93.1 Å². The third kappa shape index (κ3) is 4.08. The molecule has 34 heavy (non-hydrogen) atoms. The van der Waals surface area contributed by atoms with Crippen LogP contribution in [0.4, 0.5) is 5.00 Å². The maximum atomic E-state index is 13.6. The molecule has 1 saturated heterocycles. The number of anilines is 1. The van der Waals surface area contributed by atoms with Gasteiger partial charge in [-0.05, 0) is 44.2 Å². The zero-order valence-corrected chi connectivity index (χ0v) is 20.0. The van der Waals surface area contributed by atoms with Crippen molar-refractivity contribution in [3.63, 3.8) is 0 Å². The van der Waals surface area contributed by atoms with Gasteiger partial charge in [0.2, 0.25) is 0 Å². The Morgan fingerprint density at radius 3 is 2.65 bits per heavy atom. The standard InChI is InChI=1S/C26H29NO6S/c1-16-13-20-23(29)26(10-7-19(22(26)28)25(30)31)15-27(24(20)34-16)14-21(17-5-3-2-4-6-17)33-18-8-11-32-12-9-18/h2-6,13,18-19,21H,7-12,14-15H2,1H3,(H,30,31). The molecule has 5 rings (SSSR count). The number of carbonyl (C=O) groups excluding carboxylic acids is 2. The lowest BCUT2D eigenvalue weighted by molar-refractivity contribution is -0.146. The second-order valence-corrected chi connectivity index (χ2v) is 10.7. The Bertz CT molecular complexity index is 1090. The van der Waals surface area contributed by atoms with E-state index in [0.29, 0.717) is 25.3 Å². The number of ketones is 2. The summed E-state index contributed by atoms with van der Waals surface area (Å²) in [5, 5.41) is 10.4. The summed E-state index contributed by atoms with van der Waals surface area (Å²) in [5.74, 6) is -2.93. The lowest BCUT2D eigenvalue weighted by Crippen LogP contribution is -2.52. The van der Waals surface area contributed by atoms with E-state index in [0.717, 1.165) is 28.3 Å². The van der Waals surface area contributed by atoms with Crippen molar-refractivity contribution in [3.8, 4) is 0 Å². The normalized spacial score (nSPS) is 26.1. The Balaban J connectivity index is 1.49. The third-order valence-electron chi connectivity index (χ3n) is 7.29. The molecule has 3 aliphatic rings. The highest BCUT2D eigenvalue weighted by Gasteiger charge is 2.58. The highest BCUT2D eigenvalue weighted by atomic mass is 32.1. The first-order valence-corrected chi connectivity index (χ1v) is 12.7. The lowest BCUT2D eigenvalue weighted by atomic mass is 9.74. The van der Waals surface area contributed by atoms with Crippen LogP contribution in [0, 0.1) is 18.3 Å². The minimum atomic E-state index is -1.30. The number of benzene rings is 1. The molecular formula is C26H29NO6S. The van der Waals surface area contributed by atoms with Gasteiger partial charge in [-0.3, -0.25) is 14.4 Å². The number of carbonyl (C=O) groups is 3. The largest absolute Gasteiger partial charge is 0.481 e. The zero-order valence-electron chi connectivity index (χ0n) is 19.2. The fraction of sp³-hybridized carbons (Fsp3) is 0.500. The fourth-order valence-corrected chi connectivity index (χ4v) is 6.52. The fourth-order valence-electron chi connectivity index (χ4n) is 5.51. The minimum absolute atomic E-state index is 0.0772. The van der Waals surface area contributed by atoms with E-state index >= 15 is 0 Å². The van der Waals surface area contributed by atoms with Gasteiger partial charge in [-0.2, -0.15) is 0 Å². The number of thiophene rings is 1. The van der Waals surface area contributed by atoms with Crippen LogP contribution in [0.15, 0.2) is 36.4 Å². The Hall–Kier alpha value is -2.55. The first kappa shape index (κ1) is 23.2. The number of hydrogen-bond acceptors (Lipinski definition) is 7. The van der Waals surface area contributed by atoms with Gasteiger partial charge in [-0.25, -0.2) is 0 Å². The van der Waals surface area contributed by atoms with E-state index in [1.54, 1.807) is 0 Å². The van der Waals surface area contributed by atoms with Crippen LogP contribution >= 0.6 is 11.3 Å². The highest BCUT2D eigenvalue weighted by Crippen LogP contribution is 2.49. The molecule has 0 radical (unpaired) electrons. The number of rotatable bonds is 6. The SMILES string of the molecule is Cc1cc2c(s1)N(CC(OC1CCOCC1)c1ccccc1)CC1(CCC(C(=O)O)C1=O)C2=O. The molecule has 180 valence electrons. The van der Waals surface area contributed by atoms with Crippen LogP contribution in [0.25, 0.3) is 0 Å². The van der Waals surface area contributed by atoms with Gasteiger partial charge in [-0.1, -0.05) is 30.3 Å². The zero-order chi connectivity index (χ0) is 23.9. The average molecular weight is 484 g/mol. The Morgan fingerprint density at radius 1 is 1.24 bits per heavy atom. The lowest BCUT2D eigenvalue weighted by Gasteiger charge is -2.41. The summed E-state index contributed by atoms with van der Waals surface area (Å²) in [6, 6.07) is 11.8. The Morgan fingerprint density at radius 2 is 1.97 bits per heavy atom. The summed E-state index contributed by atoms with van der Waals surface area (Å²) < 4.78 is 12.1. The van der Waals surface area contributed by atoms with Crippen LogP contribution in [-0.4, -0.2) is 55.0 Å². The molecule has 3 heterocycles. The van der Waals surface area contributed by atoms with Gasteiger partial charge in [0, 0.05) is 31.2 Å². The maximum Gasteiger partial charge on any atom is 0.314 e. The summed E-state index contributed by atoms with van der Waals surface area (Å²) in [6.07, 6.45) is 1.95. The number of hydrogen-bond donors (Lipinski definition) is 1. The number of nitrogens with zero attached hydrogens (tertiary/aromatic N) is 1. The quantitative estimate of drug-likeness (QED) is 0.620. The predicted molar refractivity (Wildman–Crippen MR) is 128 cm³/mol. The molecule has 3 atom stereocenters. The second kappa shape index (κ2) is 9.24. The van der Waals surface area contributed by atoms with E-state index in [2.05, 4.69) is 4.90 Å². The van der Waals surface area contributed by atoms with Crippen LogP contribution in [-0.2, 0) is 19.1 Å². The molecule has 2 aromatic rings. The van der Waals surface area contributed by atoms with E-state index < -0.39 is 23.1 Å². The predicted octanol–water partition coefficient (Wildman–Crippen LogP) is 4.05. The average Bonchev–Trinajstić information content (AvgIpc) is 3.39. The Kier molecular flexibility index (Phi) is 6.31. The molecule has 2 aliphatic heterocycles. The van der Waals surface area contributed by atoms with Crippen LogP contribution in [0.3, 0.4) is 0 Å². The summed E-state index contributed by atoms with van der Waals surface area (Å²) in [6.45, 7) is 3.97. The minimum Gasteiger partial charge on any atom is -0.481 e. The molecule has 1 saturated carbocycles. The molecular weight excluding hydrogens is 454 g/mol. The van der Waals surface area contributed by atoms with E-state index in [4.69, 9.17) is 9.47 Å². The molecule has 1 aliphatic carbocycles. The highest BCUT2D eigenvalue weighted by molar-refractivity contribution is 7.16. The van der Waals surface area contributed by atoms with Crippen molar-refractivity contribution in [2.45, 2.75) is 44.8 Å². The number of fused-ring (bicyclic) bond motifs is 1. The molecule has 7 nitrogen and oxygen atoms in total. The van der Waals surface area contributed by atoms with E-state index in [9.17, 15) is 19.5 Å². The third-order valence-corrected chi connectivity index (χ3v) is 8.40. The summed E-state index contributed by atoms with van der Waals surface area (Å²) in [5.41, 5.74) is 0.269. The number of ether oxygens (including phenoxy) is 2. The monoisotopic (exact) mass is 483 g/mol. The molecule has 3 unspecified atom stereocenters. The number of carboxylic acids is 1. The molecule has 0 amide bonds. The summed E-state index contributed by atoms with van der Waals surface area (Å²) >= 11 is 1.54.